The number of rotatable bonds is 9. The smallest absolute Gasteiger partial charge is 0.318 e. The first kappa shape index (κ1) is 23.1. The quantitative estimate of drug-likeness (QED) is 0.522. The molecule has 0 aromatic heterocycles. The summed E-state index contributed by atoms with van der Waals surface area (Å²) >= 11 is 3.71. The van der Waals surface area contributed by atoms with E-state index in [2.05, 4.69) is 50.4 Å². The van der Waals surface area contributed by atoms with Crippen molar-refractivity contribution in [2.45, 2.75) is 45.2 Å². The third kappa shape index (κ3) is 6.26. The number of hydrogen-bond donors (Lipinski definition) is 1. The van der Waals surface area contributed by atoms with E-state index in [-0.39, 0.29) is 12.1 Å². The molecule has 1 unspecified atom stereocenters. The van der Waals surface area contributed by atoms with Gasteiger partial charge in [0.1, 0.15) is 5.75 Å². The molecule has 2 aromatic carbocycles. The summed E-state index contributed by atoms with van der Waals surface area (Å²) in [6, 6.07) is 16.9. The van der Waals surface area contributed by atoms with Crippen LogP contribution in [0, 0.1) is 5.92 Å². The summed E-state index contributed by atoms with van der Waals surface area (Å²) in [6.45, 7) is 7.55. The minimum absolute atomic E-state index is 0.0671. The average molecular weight is 500 g/mol. The van der Waals surface area contributed by atoms with E-state index in [9.17, 15) is 4.79 Å². The number of likely N-dealkylation sites (tertiary alicyclic amines) is 1. The maximum Gasteiger partial charge on any atom is 0.318 e. The average Bonchev–Trinajstić information content (AvgIpc) is 3.15. The zero-order chi connectivity index (χ0) is 22.3. The second-order valence-corrected chi connectivity index (χ2v) is 9.83. The largest absolute Gasteiger partial charge is 0.494 e. The first-order chi connectivity index (χ1) is 15.6. The van der Waals surface area contributed by atoms with Crippen LogP contribution in [0.4, 0.5) is 4.79 Å². The summed E-state index contributed by atoms with van der Waals surface area (Å²) in [7, 11) is 0. The highest BCUT2D eigenvalue weighted by molar-refractivity contribution is 9.10. The Balaban J connectivity index is 1.19. The van der Waals surface area contributed by atoms with Crippen molar-refractivity contribution in [1.82, 2.24) is 15.1 Å². The number of ether oxygens (including phenoxy) is 1. The van der Waals surface area contributed by atoms with Gasteiger partial charge < -0.3 is 19.9 Å². The summed E-state index contributed by atoms with van der Waals surface area (Å²) in [5.74, 6) is 1.68. The van der Waals surface area contributed by atoms with Gasteiger partial charge in [-0.05, 0) is 80.9 Å². The number of nitrogens with zero attached hydrogens (tertiary/aromatic N) is 2. The van der Waals surface area contributed by atoms with Crippen molar-refractivity contribution in [3.8, 4) is 5.75 Å². The van der Waals surface area contributed by atoms with Crippen LogP contribution in [0.5, 0.6) is 5.75 Å². The summed E-state index contributed by atoms with van der Waals surface area (Å²) in [5, 5.41) is 3.17. The van der Waals surface area contributed by atoms with E-state index < -0.39 is 0 Å². The molecule has 2 fully saturated rings. The van der Waals surface area contributed by atoms with Gasteiger partial charge in [-0.15, -0.1) is 0 Å². The molecule has 0 aliphatic carbocycles. The normalized spacial score (nSPS) is 19.9. The lowest BCUT2D eigenvalue weighted by Crippen LogP contribution is -2.38. The van der Waals surface area contributed by atoms with Gasteiger partial charge in [-0.1, -0.05) is 46.3 Å². The van der Waals surface area contributed by atoms with Crippen LogP contribution in [0.1, 0.15) is 37.3 Å². The Bertz CT molecular complexity index is 884. The number of benzene rings is 2. The molecule has 2 aliphatic heterocycles. The van der Waals surface area contributed by atoms with E-state index in [4.69, 9.17) is 4.74 Å². The molecule has 2 aromatic rings. The molecule has 2 amide bonds. The maximum atomic E-state index is 12.3. The molecular weight excluding hydrogens is 466 g/mol. The summed E-state index contributed by atoms with van der Waals surface area (Å²) in [6.07, 6.45) is 4.57. The highest BCUT2D eigenvalue weighted by atomic mass is 79.9. The van der Waals surface area contributed by atoms with Gasteiger partial charge in [0.25, 0.3) is 0 Å². The van der Waals surface area contributed by atoms with Crippen LogP contribution in [0.3, 0.4) is 0 Å². The number of amides is 2. The van der Waals surface area contributed by atoms with Gasteiger partial charge in [0.15, 0.2) is 0 Å². The number of carbonyl (C=O) groups excluding carboxylic acids is 1. The van der Waals surface area contributed by atoms with Crippen molar-refractivity contribution < 1.29 is 9.53 Å². The van der Waals surface area contributed by atoms with Crippen LogP contribution >= 0.6 is 15.9 Å². The molecule has 6 heteroatoms. The molecule has 172 valence electrons. The van der Waals surface area contributed by atoms with E-state index in [0.29, 0.717) is 19.1 Å². The van der Waals surface area contributed by atoms with Crippen molar-refractivity contribution in [2.24, 2.45) is 5.92 Å². The van der Waals surface area contributed by atoms with Gasteiger partial charge in [0.05, 0.1) is 6.61 Å². The standard InChI is InChI=1S/C26H34BrN3O2/c1-2-32-24-8-9-25(27)22(17-24)16-20-10-13-29(14-11-20)15-12-23-19-30(26(31)28-23)18-21-6-4-3-5-7-21/h3-9,17,20,23H,2,10-16,18-19H2,1H3,(H,28,31). The third-order valence-corrected chi connectivity index (χ3v) is 7.38. The molecule has 0 radical (unpaired) electrons. The lowest BCUT2D eigenvalue weighted by molar-refractivity contribution is 0.177. The van der Waals surface area contributed by atoms with Gasteiger partial charge in [-0.3, -0.25) is 0 Å². The maximum absolute atomic E-state index is 12.3. The van der Waals surface area contributed by atoms with Gasteiger partial charge in [-0.2, -0.15) is 0 Å². The molecule has 2 aliphatic rings. The zero-order valence-corrected chi connectivity index (χ0v) is 20.5. The molecule has 0 spiro atoms. The fourth-order valence-electron chi connectivity index (χ4n) is 4.79. The summed E-state index contributed by atoms with van der Waals surface area (Å²) < 4.78 is 6.86. The first-order valence-corrected chi connectivity index (χ1v) is 12.6. The van der Waals surface area contributed by atoms with Crippen molar-refractivity contribution >= 4 is 22.0 Å². The van der Waals surface area contributed by atoms with Crippen molar-refractivity contribution in [3.05, 3.63) is 64.1 Å². The molecule has 0 saturated carbocycles. The minimum Gasteiger partial charge on any atom is -0.494 e. The predicted molar refractivity (Wildman–Crippen MR) is 132 cm³/mol. The zero-order valence-electron chi connectivity index (χ0n) is 18.9. The topological polar surface area (TPSA) is 44.8 Å². The Morgan fingerprint density at radius 1 is 1.12 bits per heavy atom. The third-order valence-electron chi connectivity index (χ3n) is 6.61. The minimum atomic E-state index is 0.0671. The number of nitrogens with one attached hydrogen (secondary N) is 1. The Hall–Kier alpha value is -2.05. The SMILES string of the molecule is CCOc1ccc(Br)c(CC2CCN(CCC3CN(Cc4ccccc4)C(=O)N3)CC2)c1. The van der Waals surface area contributed by atoms with E-state index in [1.807, 2.05) is 36.1 Å². The van der Waals surface area contributed by atoms with Gasteiger partial charge >= 0.3 is 6.03 Å². The molecule has 2 heterocycles. The van der Waals surface area contributed by atoms with Crippen molar-refractivity contribution in [1.29, 1.82) is 0 Å². The number of hydrogen-bond acceptors (Lipinski definition) is 3. The molecular formula is C26H34BrN3O2. The van der Waals surface area contributed by atoms with Gasteiger partial charge in [0, 0.05) is 30.1 Å². The van der Waals surface area contributed by atoms with E-state index >= 15 is 0 Å². The Morgan fingerprint density at radius 2 is 1.91 bits per heavy atom. The second kappa shape index (κ2) is 11.2. The lowest BCUT2D eigenvalue weighted by atomic mass is 9.90. The van der Waals surface area contributed by atoms with E-state index in [1.54, 1.807) is 0 Å². The van der Waals surface area contributed by atoms with Gasteiger partial charge in [-0.25, -0.2) is 4.79 Å². The number of carbonyl (C=O) groups is 1. The van der Waals surface area contributed by atoms with Crippen LogP contribution < -0.4 is 10.1 Å². The fourth-order valence-corrected chi connectivity index (χ4v) is 5.20. The van der Waals surface area contributed by atoms with Crippen LogP contribution in [0.2, 0.25) is 0 Å². The van der Waals surface area contributed by atoms with Crippen LogP contribution in [-0.4, -0.2) is 54.7 Å². The highest BCUT2D eigenvalue weighted by Gasteiger charge is 2.29. The Labute approximate surface area is 200 Å². The fraction of sp³-hybridized carbons (Fsp3) is 0.500. The Kier molecular flexibility index (Phi) is 8.09. The molecule has 0 bridgehead atoms. The molecule has 5 nitrogen and oxygen atoms in total. The van der Waals surface area contributed by atoms with Crippen molar-refractivity contribution in [3.63, 3.8) is 0 Å². The monoisotopic (exact) mass is 499 g/mol. The first-order valence-electron chi connectivity index (χ1n) is 11.8. The highest BCUT2D eigenvalue weighted by Crippen LogP contribution is 2.29. The Morgan fingerprint density at radius 3 is 2.66 bits per heavy atom. The van der Waals surface area contributed by atoms with Crippen LogP contribution in [0.25, 0.3) is 0 Å². The second-order valence-electron chi connectivity index (χ2n) is 8.98. The van der Waals surface area contributed by atoms with Crippen LogP contribution in [0.15, 0.2) is 53.0 Å². The summed E-state index contributed by atoms with van der Waals surface area (Å²) in [4.78, 5) is 16.8. The van der Waals surface area contributed by atoms with Crippen LogP contribution in [-0.2, 0) is 13.0 Å². The molecule has 2 saturated heterocycles. The molecule has 1 atom stereocenters. The van der Waals surface area contributed by atoms with E-state index in [0.717, 1.165) is 44.8 Å². The molecule has 32 heavy (non-hydrogen) atoms. The van der Waals surface area contributed by atoms with Gasteiger partial charge in [0.2, 0.25) is 0 Å². The number of urea groups is 1. The van der Waals surface area contributed by atoms with E-state index in [1.165, 1.54) is 28.4 Å². The van der Waals surface area contributed by atoms with Crippen molar-refractivity contribution in [2.75, 3.05) is 32.8 Å². The number of piperidine rings is 1. The summed E-state index contributed by atoms with van der Waals surface area (Å²) in [5.41, 5.74) is 2.53. The predicted octanol–water partition coefficient (Wildman–Crippen LogP) is 5.09. The number of halogens is 1. The molecule has 1 N–H and O–H groups in total. The molecule has 4 rings (SSSR count). The lowest BCUT2D eigenvalue weighted by Gasteiger charge is -2.32.